The summed E-state index contributed by atoms with van der Waals surface area (Å²) in [6.07, 6.45) is 1.97. The fraction of sp³-hybridized carbons (Fsp3) is 0.529. The lowest BCUT2D eigenvalue weighted by Crippen LogP contribution is -2.27. The minimum Gasteiger partial charge on any atom is -0.481 e. The normalized spacial score (nSPS) is 12.7. The molecule has 0 spiro atoms. The molecule has 0 fully saturated rings. The van der Waals surface area contributed by atoms with Gasteiger partial charge in [0, 0.05) is 0 Å². The highest BCUT2D eigenvalue weighted by Crippen LogP contribution is 2.17. The van der Waals surface area contributed by atoms with Gasteiger partial charge in [-0.3, -0.25) is 9.59 Å². The van der Waals surface area contributed by atoms with E-state index in [0.717, 1.165) is 12.8 Å². The summed E-state index contributed by atoms with van der Waals surface area (Å²) < 4.78 is 5.18. The molecule has 21 heavy (non-hydrogen) atoms. The standard InChI is InChI=1S/C17H24O4/c1-17(2,3)21-15(18)12-14(16(19)20)11-7-10-13-8-5-4-6-9-13/h4-6,8-9,14H,7,10-12H2,1-3H3,(H,19,20). The summed E-state index contributed by atoms with van der Waals surface area (Å²) in [5.74, 6) is -2.06. The molecule has 1 aromatic carbocycles. The number of aryl methyl sites for hydroxylation is 1. The van der Waals surface area contributed by atoms with Crippen LogP contribution < -0.4 is 0 Å². The van der Waals surface area contributed by atoms with E-state index in [9.17, 15) is 14.7 Å². The smallest absolute Gasteiger partial charge is 0.307 e. The Hall–Kier alpha value is -1.84. The summed E-state index contributed by atoms with van der Waals surface area (Å²) in [5, 5.41) is 9.21. The highest BCUT2D eigenvalue weighted by molar-refractivity contribution is 5.78. The van der Waals surface area contributed by atoms with E-state index in [0.29, 0.717) is 6.42 Å². The number of carboxylic acid groups (broad SMARTS) is 1. The van der Waals surface area contributed by atoms with Gasteiger partial charge in [0.2, 0.25) is 0 Å². The fourth-order valence-electron chi connectivity index (χ4n) is 2.09. The van der Waals surface area contributed by atoms with E-state index in [2.05, 4.69) is 0 Å². The lowest BCUT2D eigenvalue weighted by molar-refractivity contribution is -0.160. The number of rotatable bonds is 7. The average Bonchev–Trinajstić information content (AvgIpc) is 2.36. The second kappa shape index (κ2) is 7.81. The summed E-state index contributed by atoms with van der Waals surface area (Å²) in [7, 11) is 0. The number of hydrogen-bond donors (Lipinski definition) is 1. The number of benzene rings is 1. The third kappa shape index (κ3) is 7.49. The van der Waals surface area contributed by atoms with Crippen LogP contribution in [0.15, 0.2) is 30.3 Å². The van der Waals surface area contributed by atoms with Gasteiger partial charge < -0.3 is 9.84 Å². The van der Waals surface area contributed by atoms with Crippen LogP contribution in [0.2, 0.25) is 0 Å². The molecule has 0 aromatic heterocycles. The highest BCUT2D eigenvalue weighted by atomic mass is 16.6. The molecule has 0 amide bonds. The molecule has 1 unspecified atom stereocenters. The molecule has 0 radical (unpaired) electrons. The van der Waals surface area contributed by atoms with E-state index in [1.165, 1.54) is 5.56 Å². The van der Waals surface area contributed by atoms with E-state index >= 15 is 0 Å². The number of carbonyl (C=O) groups excluding carboxylic acids is 1. The van der Waals surface area contributed by atoms with Gasteiger partial charge in [0.25, 0.3) is 0 Å². The third-order valence-electron chi connectivity index (χ3n) is 3.04. The molecule has 1 rings (SSSR count). The molecule has 4 heteroatoms. The Labute approximate surface area is 126 Å². The van der Waals surface area contributed by atoms with Crippen molar-refractivity contribution in [1.29, 1.82) is 0 Å². The van der Waals surface area contributed by atoms with Crippen LogP contribution in [0.5, 0.6) is 0 Å². The molecule has 0 heterocycles. The number of esters is 1. The minimum atomic E-state index is -0.936. The van der Waals surface area contributed by atoms with Crippen molar-refractivity contribution in [3.63, 3.8) is 0 Å². The van der Waals surface area contributed by atoms with Gasteiger partial charge in [0.15, 0.2) is 0 Å². The fourth-order valence-corrected chi connectivity index (χ4v) is 2.09. The molecule has 1 aromatic rings. The second-order valence-electron chi connectivity index (χ2n) is 6.20. The van der Waals surface area contributed by atoms with Crippen molar-refractivity contribution in [3.05, 3.63) is 35.9 Å². The second-order valence-corrected chi connectivity index (χ2v) is 6.20. The Morgan fingerprint density at radius 2 is 1.81 bits per heavy atom. The van der Waals surface area contributed by atoms with E-state index in [-0.39, 0.29) is 6.42 Å². The van der Waals surface area contributed by atoms with Gasteiger partial charge in [0.05, 0.1) is 12.3 Å². The number of ether oxygens (including phenoxy) is 1. The van der Waals surface area contributed by atoms with E-state index < -0.39 is 23.5 Å². The first-order valence-electron chi connectivity index (χ1n) is 7.26. The Bertz CT molecular complexity index is 459. The Balaban J connectivity index is 2.43. The molecule has 1 N–H and O–H groups in total. The van der Waals surface area contributed by atoms with Crippen molar-refractivity contribution in [2.45, 2.75) is 52.1 Å². The largest absolute Gasteiger partial charge is 0.481 e. The molecule has 4 nitrogen and oxygen atoms in total. The summed E-state index contributed by atoms with van der Waals surface area (Å²) in [5.41, 5.74) is 0.600. The highest BCUT2D eigenvalue weighted by Gasteiger charge is 2.24. The first-order chi connectivity index (χ1) is 9.78. The maximum absolute atomic E-state index is 11.7. The lowest BCUT2D eigenvalue weighted by Gasteiger charge is -2.21. The van der Waals surface area contributed by atoms with Gasteiger partial charge in [-0.05, 0) is 45.6 Å². The van der Waals surface area contributed by atoms with Crippen molar-refractivity contribution in [3.8, 4) is 0 Å². The number of hydrogen-bond acceptors (Lipinski definition) is 3. The van der Waals surface area contributed by atoms with Gasteiger partial charge in [-0.1, -0.05) is 30.3 Å². The Kier molecular flexibility index (Phi) is 6.40. The van der Waals surface area contributed by atoms with Gasteiger partial charge in [-0.15, -0.1) is 0 Å². The molecule has 0 saturated heterocycles. The van der Waals surface area contributed by atoms with Crippen LogP contribution in [0.25, 0.3) is 0 Å². The molecular formula is C17H24O4. The third-order valence-corrected chi connectivity index (χ3v) is 3.04. The zero-order chi connectivity index (χ0) is 15.9. The first kappa shape index (κ1) is 17.2. The predicted molar refractivity (Wildman–Crippen MR) is 81.0 cm³/mol. The quantitative estimate of drug-likeness (QED) is 0.782. The van der Waals surface area contributed by atoms with Gasteiger partial charge in [0.1, 0.15) is 5.60 Å². The summed E-state index contributed by atoms with van der Waals surface area (Å²) in [6, 6.07) is 9.91. The summed E-state index contributed by atoms with van der Waals surface area (Å²) in [4.78, 5) is 23.0. The van der Waals surface area contributed by atoms with Gasteiger partial charge >= 0.3 is 11.9 Å². The zero-order valence-corrected chi connectivity index (χ0v) is 13.0. The van der Waals surface area contributed by atoms with Crippen LogP contribution in [0.4, 0.5) is 0 Å². The van der Waals surface area contributed by atoms with E-state index in [1.807, 2.05) is 30.3 Å². The Morgan fingerprint density at radius 3 is 2.33 bits per heavy atom. The van der Waals surface area contributed by atoms with Crippen molar-refractivity contribution in [2.75, 3.05) is 0 Å². The minimum absolute atomic E-state index is 0.0681. The topological polar surface area (TPSA) is 63.6 Å². The maximum Gasteiger partial charge on any atom is 0.307 e. The molecule has 0 saturated carbocycles. The maximum atomic E-state index is 11.7. The SMILES string of the molecule is CC(C)(C)OC(=O)CC(CCCc1ccccc1)C(=O)O. The van der Waals surface area contributed by atoms with Gasteiger partial charge in [-0.2, -0.15) is 0 Å². The van der Waals surface area contributed by atoms with Crippen LogP contribution >= 0.6 is 0 Å². The molecule has 0 bridgehead atoms. The van der Waals surface area contributed by atoms with Crippen LogP contribution in [0.1, 0.15) is 45.6 Å². The number of carbonyl (C=O) groups is 2. The van der Waals surface area contributed by atoms with E-state index in [1.54, 1.807) is 20.8 Å². The number of carboxylic acids is 1. The van der Waals surface area contributed by atoms with Crippen molar-refractivity contribution >= 4 is 11.9 Å². The lowest BCUT2D eigenvalue weighted by atomic mass is 9.96. The molecule has 0 aliphatic rings. The first-order valence-corrected chi connectivity index (χ1v) is 7.26. The van der Waals surface area contributed by atoms with Crippen molar-refractivity contribution in [1.82, 2.24) is 0 Å². The average molecular weight is 292 g/mol. The number of aliphatic carboxylic acids is 1. The summed E-state index contributed by atoms with van der Waals surface area (Å²) >= 11 is 0. The van der Waals surface area contributed by atoms with E-state index in [4.69, 9.17) is 4.74 Å². The molecule has 1 atom stereocenters. The Morgan fingerprint density at radius 1 is 1.19 bits per heavy atom. The van der Waals surface area contributed by atoms with Gasteiger partial charge in [-0.25, -0.2) is 0 Å². The monoisotopic (exact) mass is 292 g/mol. The van der Waals surface area contributed by atoms with Crippen LogP contribution in [-0.2, 0) is 20.7 Å². The molecule has 0 aliphatic carbocycles. The predicted octanol–water partition coefficient (Wildman–Crippen LogP) is 3.44. The zero-order valence-electron chi connectivity index (χ0n) is 13.0. The van der Waals surface area contributed by atoms with Crippen molar-refractivity contribution in [2.24, 2.45) is 5.92 Å². The summed E-state index contributed by atoms with van der Waals surface area (Å²) in [6.45, 7) is 5.32. The van der Waals surface area contributed by atoms with Crippen molar-refractivity contribution < 1.29 is 19.4 Å². The van der Waals surface area contributed by atoms with Crippen LogP contribution in [0.3, 0.4) is 0 Å². The molecular weight excluding hydrogens is 268 g/mol. The molecule has 0 aliphatic heterocycles. The van der Waals surface area contributed by atoms with Crippen LogP contribution in [-0.4, -0.2) is 22.6 Å². The van der Waals surface area contributed by atoms with Crippen LogP contribution in [0, 0.1) is 5.92 Å². The molecule has 116 valence electrons.